The zero-order valence-corrected chi connectivity index (χ0v) is 21.5. The van der Waals surface area contributed by atoms with Crippen LogP contribution in [-0.2, 0) is 13.5 Å². The molecule has 0 saturated carbocycles. The third-order valence-electron chi connectivity index (χ3n) is 7.28. The minimum absolute atomic E-state index is 0.227. The molecule has 6 rings (SSSR count). The summed E-state index contributed by atoms with van der Waals surface area (Å²) in [5.74, 6) is 0. The quantitative estimate of drug-likeness (QED) is 0.187. The fourth-order valence-electron chi connectivity index (χ4n) is 5.59. The zero-order valence-electron chi connectivity index (χ0n) is 21.5. The summed E-state index contributed by atoms with van der Waals surface area (Å²) >= 11 is 0. The van der Waals surface area contributed by atoms with E-state index in [9.17, 15) is 0 Å². The van der Waals surface area contributed by atoms with Crippen LogP contribution in [0.5, 0.6) is 0 Å². The van der Waals surface area contributed by atoms with Gasteiger partial charge in [0.2, 0.25) is 5.69 Å². The summed E-state index contributed by atoms with van der Waals surface area (Å²) in [6.07, 6.45) is 3.30. The monoisotopic (exact) mass is 458 g/mol. The highest BCUT2D eigenvalue weighted by Gasteiger charge is 2.24. The standard InChI is InChI=1S/C33H32NO/c1-20-11-14-26-28-15-23-13-12-22-9-7-8-10-25(22)27(23)17-30(28)35-32(26)31(20)29-16-24(18-33(3,4)5)21(2)19-34(29)6/h7-17,19H,18H2,1-6H3/q+1. The SMILES string of the molecule is Cc1c[n+](C)c(-c2c(C)ccc3c2oc2cc4c(ccc5ccccc54)cc23)cc1CC(C)(C)C. The van der Waals surface area contributed by atoms with Gasteiger partial charge in [-0.15, -0.1) is 0 Å². The Bertz CT molecular complexity index is 1780. The Hall–Kier alpha value is -3.65. The molecule has 0 unspecified atom stereocenters. The van der Waals surface area contributed by atoms with E-state index in [1.807, 2.05) is 0 Å². The third-order valence-corrected chi connectivity index (χ3v) is 7.28. The highest BCUT2D eigenvalue weighted by Crippen LogP contribution is 2.40. The summed E-state index contributed by atoms with van der Waals surface area (Å²) in [5, 5.41) is 7.35. The molecule has 0 aliphatic heterocycles. The Morgan fingerprint density at radius 3 is 2.31 bits per heavy atom. The van der Waals surface area contributed by atoms with Crippen LogP contribution in [0.4, 0.5) is 0 Å². The first-order valence-electron chi connectivity index (χ1n) is 12.5. The number of aryl methyl sites for hydroxylation is 3. The average Bonchev–Trinajstić information content (AvgIpc) is 3.16. The van der Waals surface area contributed by atoms with Gasteiger partial charge < -0.3 is 4.42 Å². The molecule has 4 aromatic carbocycles. The molecule has 174 valence electrons. The topological polar surface area (TPSA) is 17.0 Å². The predicted molar refractivity (Wildman–Crippen MR) is 148 cm³/mol. The fourth-order valence-corrected chi connectivity index (χ4v) is 5.59. The van der Waals surface area contributed by atoms with E-state index in [0.717, 1.165) is 17.6 Å². The Morgan fingerprint density at radius 1 is 0.743 bits per heavy atom. The van der Waals surface area contributed by atoms with Crippen molar-refractivity contribution >= 4 is 43.5 Å². The Morgan fingerprint density at radius 2 is 1.51 bits per heavy atom. The number of hydrogen-bond donors (Lipinski definition) is 0. The summed E-state index contributed by atoms with van der Waals surface area (Å²) in [5.41, 5.74) is 8.49. The number of hydrogen-bond acceptors (Lipinski definition) is 1. The van der Waals surface area contributed by atoms with Crippen molar-refractivity contribution in [1.29, 1.82) is 0 Å². The predicted octanol–water partition coefficient (Wildman–Crippen LogP) is 8.59. The molecular weight excluding hydrogens is 426 g/mol. The van der Waals surface area contributed by atoms with Gasteiger partial charge in [-0.3, -0.25) is 0 Å². The van der Waals surface area contributed by atoms with Gasteiger partial charge in [0.25, 0.3) is 0 Å². The molecule has 0 saturated heterocycles. The molecule has 0 aliphatic rings. The maximum absolute atomic E-state index is 6.69. The van der Waals surface area contributed by atoms with Crippen molar-refractivity contribution in [2.24, 2.45) is 12.5 Å². The van der Waals surface area contributed by atoms with E-state index in [0.29, 0.717) is 0 Å². The highest BCUT2D eigenvalue weighted by atomic mass is 16.3. The van der Waals surface area contributed by atoms with Crippen molar-refractivity contribution in [2.45, 2.75) is 41.0 Å². The molecule has 2 aromatic heterocycles. The lowest BCUT2D eigenvalue weighted by atomic mass is 9.86. The van der Waals surface area contributed by atoms with Crippen molar-refractivity contribution in [3.63, 3.8) is 0 Å². The van der Waals surface area contributed by atoms with Gasteiger partial charge in [0, 0.05) is 22.4 Å². The number of benzene rings is 4. The molecule has 0 aliphatic carbocycles. The Labute approximate surface area is 206 Å². The van der Waals surface area contributed by atoms with E-state index in [4.69, 9.17) is 4.42 Å². The fraction of sp³-hybridized carbons (Fsp3) is 0.242. The van der Waals surface area contributed by atoms with Crippen LogP contribution in [0.25, 0.3) is 54.7 Å². The second-order valence-corrected chi connectivity index (χ2v) is 11.3. The third kappa shape index (κ3) is 3.60. The summed E-state index contributed by atoms with van der Waals surface area (Å²) in [6, 6.07) is 24.4. The number of nitrogens with zero attached hydrogens (tertiary/aromatic N) is 1. The van der Waals surface area contributed by atoms with Gasteiger partial charge in [0.1, 0.15) is 18.2 Å². The normalized spacial score (nSPS) is 12.4. The van der Waals surface area contributed by atoms with Gasteiger partial charge >= 0.3 is 0 Å². The molecule has 0 radical (unpaired) electrons. The van der Waals surface area contributed by atoms with Crippen LogP contribution in [-0.4, -0.2) is 0 Å². The molecule has 0 atom stereocenters. The maximum atomic E-state index is 6.69. The summed E-state index contributed by atoms with van der Waals surface area (Å²) in [7, 11) is 2.14. The maximum Gasteiger partial charge on any atom is 0.216 e. The summed E-state index contributed by atoms with van der Waals surface area (Å²) in [4.78, 5) is 0. The molecule has 0 N–H and O–H groups in total. The Balaban J connectivity index is 1.65. The first kappa shape index (κ1) is 21.9. The molecule has 2 nitrogen and oxygen atoms in total. The summed E-state index contributed by atoms with van der Waals surface area (Å²) < 4.78 is 8.94. The van der Waals surface area contributed by atoms with Gasteiger partial charge in [-0.2, -0.15) is 0 Å². The average molecular weight is 459 g/mol. The van der Waals surface area contributed by atoms with Gasteiger partial charge in [-0.1, -0.05) is 69.3 Å². The number of fused-ring (bicyclic) bond motifs is 6. The largest absolute Gasteiger partial charge is 0.455 e. The van der Waals surface area contributed by atoms with E-state index in [1.165, 1.54) is 60.3 Å². The first-order chi connectivity index (χ1) is 16.7. The van der Waals surface area contributed by atoms with Crippen molar-refractivity contribution in [2.75, 3.05) is 0 Å². The molecule has 2 heterocycles. The number of rotatable bonds is 2. The van der Waals surface area contributed by atoms with E-state index >= 15 is 0 Å². The molecule has 6 aromatic rings. The van der Waals surface area contributed by atoms with Crippen molar-refractivity contribution in [1.82, 2.24) is 0 Å². The van der Waals surface area contributed by atoms with Gasteiger partial charge in [0.05, 0.1) is 5.56 Å². The van der Waals surface area contributed by atoms with Gasteiger partial charge in [0.15, 0.2) is 6.20 Å². The van der Waals surface area contributed by atoms with Crippen LogP contribution in [0.2, 0.25) is 0 Å². The van der Waals surface area contributed by atoms with E-state index in [-0.39, 0.29) is 5.41 Å². The lowest BCUT2D eigenvalue weighted by molar-refractivity contribution is -0.660. The Kier molecular flexibility index (Phi) is 4.79. The van der Waals surface area contributed by atoms with E-state index in [2.05, 4.69) is 119 Å². The molecule has 2 heteroatoms. The highest BCUT2D eigenvalue weighted by molar-refractivity contribution is 6.17. The number of furan rings is 1. The molecule has 0 fully saturated rings. The van der Waals surface area contributed by atoms with Crippen molar-refractivity contribution < 1.29 is 8.98 Å². The lowest BCUT2D eigenvalue weighted by Gasteiger charge is -2.19. The van der Waals surface area contributed by atoms with Crippen LogP contribution >= 0.6 is 0 Å². The zero-order chi connectivity index (χ0) is 24.5. The van der Waals surface area contributed by atoms with Crippen LogP contribution in [0.1, 0.15) is 37.5 Å². The minimum atomic E-state index is 0.227. The van der Waals surface area contributed by atoms with Crippen LogP contribution in [0.15, 0.2) is 77.3 Å². The number of aromatic nitrogens is 1. The van der Waals surface area contributed by atoms with Crippen molar-refractivity contribution in [3.8, 4) is 11.3 Å². The van der Waals surface area contributed by atoms with Crippen LogP contribution in [0.3, 0.4) is 0 Å². The molecule has 0 amide bonds. The van der Waals surface area contributed by atoms with Gasteiger partial charge in [-0.25, -0.2) is 4.57 Å². The lowest BCUT2D eigenvalue weighted by Crippen LogP contribution is -2.32. The van der Waals surface area contributed by atoms with Gasteiger partial charge in [-0.05, 0) is 70.5 Å². The molecule has 35 heavy (non-hydrogen) atoms. The summed E-state index contributed by atoms with van der Waals surface area (Å²) in [6.45, 7) is 11.3. The smallest absolute Gasteiger partial charge is 0.216 e. The second kappa shape index (κ2) is 7.68. The minimum Gasteiger partial charge on any atom is -0.455 e. The second-order valence-electron chi connectivity index (χ2n) is 11.3. The molecular formula is C33H32NO+. The number of pyridine rings is 1. The van der Waals surface area contributed by atoms with E-state index in [1.54, 1.807) is 0 Å². The van der Waals surface area contributed by atoms with Crippen LogP contribution in [0, 0.1) is 19.3 Å². The first-order valence-corrected chi connectivity index (χ1v) is 12.5. The molecule has 0 spiro atoms. The van der Waals surface area contributed by atoms with Crippen LogP contribution < -0.4 is 4.57 Å². The molecule has 0 bridgehead atoms. The van der Waals surface area contributed by atoms with Crippen molar-refractivity contribution in [3.05, 3.63) is 89.6 Å². The van der Waals surface area contributed by atoms with E-state index < -0.39 is 0 Å².